The minimum Gasteiger partial charge on any atom is -0.280 e. The number of rotatable bonds is 4. The van der Waals surface area contributed by atoms with Crippen molar-refractivity contribution in [1.29, 1.82) is 0 Å². The van der Waals surface area contributed by atoms with E-state index in [4.69, 9.17) is 21.5 Å². The summed E-state index contributed by atoms with van der Waals surface area (Å²) in [4.78, 5) is 4.98. The summed E-state index contributed by atoms with van der Waals surface area (Å²) in [5, 5.41) is 5.41. The second-order valence-corrected chi connectivity index (χ2v) is 6.37. The zero-order valence-corrected chi connectivity index (χ0v) is 14.4. The predicted octanol–water partition coefficient (Wildman–Crippen LogP) is 4.11. The lowest BCUT2D eigenvalue weighted by Crippen LogP contribution is -2.21. The molecule has 0 spiro atoms. The highest BCUT2D eigenvalue weighted by molar-refractivity contribution is 6.32. The molecule has 21 heavy (non-hydrogen) atoms. The molecule has 0 amide bonds. The predicted molar refractivity (Wildman–Crippen MR) is 86.9 cm³/mol. The van der Waals surface area contributed by atoms with Gasteiger partial charge in [-0.25, -0.2) is 4.68 Å². The van der Waals surface area contributed by atoms with Gasteiger partial charge < -0.3 is 0 Å². The van der Waals surface area contributed by atoms with Gasteiger partial charge in [-0.05, 0) is 37.8 Å². The Morgan fingerprint density at radius 3 is 2.62 bits per heavy atom. The van der Waals surface area contributed by atoms with Crippen molar-refractivity contribution in [1.82, 2.24) is 15.3 Å². The summed E-state index contributed by atoms with van der Waals surface area (Å²) in [5.41, 5.74) is 8.53. The first kappa shape index (κ1) is 16.1. The molecule has 2 rings (SSSR count). The first-order chi connectivity index (χ1) is 9.86. The van der Waals surface area contributed by atoms with Gasteiger partial charge in [0, 0.05) is 17.3 Å². The lowest BCUT2D eigenvalue weighted by molar-refractivity contribution is 0.113. The number of halogens is 1. The van der Waals surface area contributed by atoms with Crippen molar-refractivity contribution in [2.45, 2.75) is 47.0 Å². The molecule has 0 saturated carbocycles. The van der Waals surface area contributed by atoms with Gasteiger partial charge in [-0.1, -0.05) is 32.4 Å². The SMILES string of the molecule is CONC1=C(Cl)C=C(n2nc(C)c(C(C)C)c2C)C(C)C1. The molecule has 0 saturated heterocycles. The van der Waals surface area contributed by atoms with Gasteiger partial charge in [0.15, 0.2) is 0 Å². The van der Waals surface area contributed by atoms with E-state index >= 15 is 0 Å². The van der Waals surface area contributed by atoms with Crippen LogP contribution in [0.5, 0.6) is 0 Å². The van der Waals surface area contributed by atoms with Crippen molar-refractivity contribution < 1.29 is 4.84 Å². The number of aryl methyl sites for hydroxylation is 1. The van der Waals surface area contributed by atoms with Gasteiger partial charge in [0.2, 0.25) is 0 Å². The number of nitrogens with zero attached hydrogens (tertiary/aromatic N) is 2. The molecule has 1 atom stereocenters. The van der Waals surface area contributed by atoms with Crippen LogP contribution in [0.2, 0.25) is 0 Å². The molecule has 0 radical (unpaired) electrons. The second kappa shape index (κ2) is 6.24. The number of allylic oxidation sites excluding steroid dienone is 4. The minimum absolute atomic E-state index is 0.322. The van der Waals surface area contributed by atoms with Crippen molar-refractivity contribution in [2.24, 2.45) is 5.92 Å². The summed E-state index contributed by atoms with van der Waals surface area (Å²) in [5.74, 6) is 0.790. The Morgan fingerprint density at radius 2 is 2.10 bits per heavy atom. The molecule has 1 aromatic heterocycles. The van der Waals surface area contributed by atoms with Crippen LogP contribution in [0.4, 0.5) is 0 Å². The summed E-state index contributed by atoms with van der Waals surface area (Å²) >= 11 is 6.35. The standard InChI is InChI=1S/C16H24ClN3O/c1-9(2)16-11(4)18-20(12(16)5)15-8-13(17)14(19-21-6)7-10(15)3/h8-10,19H,7H2,1-6H3. The van der Waals surface area contributed by atoms with Crippen LogP contribution in [-0.4, -0.2) is 16.9 Å². The van der Waals surface area contributed by atoms with E-state index in [1.54, 1.807) is 7.11 Å². The van der Waals surface area contributed by atoms with Crippen molar-refractivity contribution in [3.8, 4) is 0 Å². The molecule has 1 unspecified atom stereocenters. The first-order valence-electron chi connectivity index (χ1n) is 7.32. The van der Waals surface area contributed by atoms with Gasteiger partial charge in [-0.3, -0.25) is 10.3 Å². The van der Waals surface area contributed by atoms with E-state index in [0.29, 0.717) is 16.9 Å². The van der Waals surface area contributed by atoms with Crippen molar-refractivity contribution in [3.63, 3.8) is 0 Å². The number of hydrogen-bond acceptors (Lipinski definition) is 3. The molecule has 1 N–H and O–H groups in total. The third-order valence-corrected chi connectivity index (χ3v) is 4.31. The van der Waals surface area contributed by atoms with Crippen molar-refractivity contribution in [3.05, 3.63) is 33.8 Å². The van der Waals surface area contributed by atoms with Crippen LogP contribution in [-0.2, 0) is 4.84 Å². The summed E-state index contributed by atoms with van der Waals surface area (Å²) in [6, 6.07) is 0. The average molecular weight is 310 g/mol. The highest BCUT2D eigenvalue weighted by Crippen LogP contribution is 2.34. The molecule has 1 aliphatic carbocycles. The highest BCUT2D eigenvalue weighted by atomic mass is 35.5. The van der Waals surface area contributed by atoms with E-state index in [1.165, 1.54) is 11.3 Å². The maximum atomic E-state index is 6.35. The van der Waals surface area contributed by atoms with E-state index in [0.717, 1.165) is 23.5 Å². The number of nitrogens with one attached hydrogen (secondary N) is 1. The summed E-state index contributed by atoms with van der Waals surface area (Å²) in [6.45, 7) is 10.8. The Bertz CT molecular complexity index is 599. The molecule has 0 fully saturated rings. The van der Waals surface area contributed by atoms with Gasteiger partial charge >= 0.3 is 0 Å². The van der Waals surface area contributed by atoms with E-state index in [1.807, 2.05) is 10.8 Å². The Kier molecular flexibility index (Phi) is 4.79. The number of aromatic nitrogens is 2. The smallest absolute Gasteiger partial charge is 0.0637 e. The lowest BCUT2D eigenvalue weighted by atomic mass is 9.96. The van der Waals surface area contributed by atoms with Gasteiger partial charge in [-0.15, -0.1) is 0 Å². The highest BCUT2D eigenvalue weighted by Gasteiger charge is 2.24. The fraction of sp³-hybridized carbons (Fsp3) is 0.562. The van der Waals surface area contributed by atoms with Gasteiger partial charge in [0.1, 0.15) is 0 Å². The monoisotopic (exact) mass is 309 g/mol. The average Bonchev–Trinajstić information content (AvgIpc) is 2.69. The van der Waals surface area contributed by atoms with E-state index < -0.39 is 0 Å². The van der Waals surface area contributed by atoms with Gasteiger partial charge in [0.05, 0.1) is 23.5 Å². The maximum absolute atomic E-state index is 6.35. The molecule has 4 nitrogen and oxygen atoms in total. The van der Waals surface area contributed by atoms with Crippen LogP contribution in [0, 0.1) is 19.8 Å². The largest absolute Gasteiger partial charge is 0.280 e. The molecule has 1 heterocycles. The topological polar surface area (TPSA) is 39.1 Å². The zero-order chi connectivity index (χ0) is 15.7. The van der Waals surface area contributed by atoms with Gasteiger partial charge in [0.25, 0.3) is 0 Å². The quantitative estimate of drug-likeness (QED) is 0.851. The molecular formula is C16H24ClN3O. The first-order valence-corrected chi connectivity index (χ1v) is 7.70. The van der Waals surface area contributed by atoms with Crippen molar-refractivity contribution >= 4 is 17.3 Å². The number of hydroxylamine groups is 1. The van der Waals surface area contributed by atoms with E-state index in [9.17, 15) is 0 Å². The molecule has 0 aromatic carbocycles. The third-order valence-electron chi connectivity index (χ3n) is 3.97. The van der Waals surface area contributed by atoms with Crippen LogP contribution in [0.1, 0.15) is 50.1 Å². The molecule has 1 aliphatic rings. The Balaban J connectivity index is 2.47. The summed E-state index contributed by atoms with van der Waals surface area (Å²) in [6.07, 6.45) is 2.80. The van der Waals surface area contributed by atoms with Crippen LogP contribution >= 0.6 is 11.6 Å². The van der Waals surface area contributed by atoms with Crippen LogP contribution in [0.3, 0.4) is 0 Å². The summed E-state index contributed by atoms with van der Waals surface area (Å²) < 4.78 is 2.04. The fourth-order valence-electron chi connectivity index (χ4n) is 3.09. The molecule has 1 aromatic rings. The Hall–Kier alpha value is -1.26. The summed E-state index contributed by atoms with van der Waals surface area (Å²) in [7, 11) is 1.59. The van der Waals surface area contributed by atoms with E-state index in [2.05, 4.69) is 40.1 Å². The maximum Gasteiger partial charge on any atom is 0.0637 e. The Labute approximate surface area is 131 Å². The molecule has 0 aliphatic heterocycles. The van der Waals surface area contributed by atoms with Crippen LogP contribution < -0.4 is 5.48 Å². The minimum atomic E-state index is 0.322. The van der Waals surface area contributed by atoms with Crippen molar-refractivity contribution in [2.75, 3.05) is 7.11 Å². The second-order valence-electron chi connectivity index (χ2n) is 5.96. The number of hydrogen-bond donors (Lipinski definition) is 1. The molecule has 116 valence electrons. The molecule has 0 bridgehead atoms. The fourth-order valence-corrected chi connectivity index (χ4v) is 3.32. The molecule has 5 heteroatoms. The van der Waals surface area contributed by atoms with Gasteiger partial charge in [-0.2, -0.15) is 5.10 Å². The van der Waals surface area contributed by atoms with Crippen LogP contribution in [0.25, 0.3) is 5.70 Å². The van der Waals surface area contributed by atoms with Crippen LogP contribution in [0.15, 0.2) is 16.8 Å². The normalized spacial score (nSPS) is 19.2. The lowest BCUT2D eigenvalue weighted by Gasteiger charge is -2.24. The van der Waals surface area contributed by atoms with E-state index in [-0.39, 0.29) is 0 Å². The Morgan fingerprint density at radius 1 is 1.43 bits per heavy atom. The third kappa shape index (κ3) is 3.01. The molecular weight excluding hydrogens is 286 g/mol. The zero-order valence-electron chi connectivity index (χ0n) is 13.6.